The van der Waals surface area contributed by atoms with Gasteiger partial charge in [0.1, 0.15) is 10.3 Å². The van der Waals surface area contributed by atoms with Crippen LogP contribution < -0.4 is 4.72 Å². The van der Waals surface area contributed by atoms with Gasteiger partial charge in [0.05, 0.1) is 10.9 Å². The van der Waals surface area contributed by atoms with Crippen molar-refractivity contribution in [1.82, 2.24) is 9.62 Å². The molecule has 0 spiro atoms. The molecule has 1 aliphatic heterocycles. The zero-order valence-electron chi connectivity index (χ0n) is 11.0. The van der Waals surface area contributed by atoms with E-state index in [0.29, 0.717) is 10.9 Å². The molecule has 6 nitrogen and oxygen atoms in total. The van der Waals surface area contributed by atoms with Gasteiger partial charge in [-0.15, -0.1) is 11.3 Å². The Kier molecular flexibility index (Phi) is 4.58. The molecule has 1 amide bonds. The Morgan fingerprint density at radius 2 is 2.25 bits per heavy atom. The average Bonchev–Trinajstić information content (AvgIpc) is 2.93. The Hall–Kier alpha value is -0.830. The maximum absolute atomic E-state index is 12.0. The number of hydrogen-bond acceptors (Lipinski definition) is 5. The summed E-state index contributed by atoms with van der Waals surface area (Å²) in [7, 11) is -3.61. The predicted molar refractivity (Wildman–Crippen MR) is 76.6 cm³/mol. The highest BCUT2D eigenvalue weighted by molar-refractivity contribution is 7.91. The number of cyclic esters (lactones) is 1. The Balaban J connectivity index is 1.95. The standard InChI is InChI=1S/C11H15ClN2O4S2/c1-7(2)14-6-8(18-11(14)15)5-13-20(16,17)10-4-3-9(12)19-10/h3-4,7-8,13H,5-6H2,1-2H3. The first-order chi connectivity index (χ1) is 9.29. The lowest BCUT2D eigenvalue weighted by molar-refractivity contribution is 0.130. The van der Waals surface area contributed by atoms with Crippen LogP contribution in [0, 0.1) is 0 Å². The largest absolute Gasteiger partial charge is 0.443 e. The maximum Gasteiger partial charge on any atom is 0.410 e. The van der Waals surface area contributed by atoms with Gasteiger partial charge in [0.2, 0.25) is 10.0 Å². The smallest absolute Gasteiger partial charge is 0.410 e. The van der Waals surface area contributed by atoms with Gasteiger partial charge in [0.25, 0.3) is 0 Å². The van der Waals surface area contributed by atoms with Crippen molar-refractivity contribution in [3.05, 3.63) is 16.5 Å². The van der Waals surface area contributed by atoms with E-state index < -0.39 is 22.2 Å². The lowest BCUT2D eigenvalue weighted by atomic mass is 10.3. The first kappa shape index (κ1) is 15.6. The maximum atomic E-state index is 12.0. The van der Waals surface area contributed by atoms with Crippen LogP contribution in [0.5, 0.6) is 0 Å². The number of hydrogen-bond donors (Lipinski definition) is 1. The number of ether oxygens (including phenoxy) is 1. The molecule has 1 N–H and O–H groups in total. The second-order valence-electron chi connectivity index (χ2n) is 4.66. The average molecular weight is 339 g/mol. The van der Waals surface area contributed by atoms with Crippen molar-refractivity contribution in [1.29, 1.82) is 0 Å². The van der Waals surface area contributed by atoms with E-state index in [2.05, 4.69) is 4.72 Å². The van der Waals surface area contributed by atoms with Gasteiger partial charge >= 0.3 is 6.09 Å². The van der Waals surface area contributed by atoms with Crippen molar-refractivity contribution in [2.24, 2.45) is 0 Å². The summed E-state index contributed by atoms with van der Waals surface area (Å²) >= 11 is 6.70. The summed E-state index contributed by atoms with van der Waals surface area (Å²) in [6.07, 6.45) is -0.890. The van der Waals surface area contributed by atoms with E-state index in [1.165, 1.54) is 12.1 Å². The molecule has 0 aromatic carbocycles. The van der Waals surface area contributed by atoms with Crippen molar-refractivity contribution in [2.45, 2.75) is 30.2 Å². The first-order valence-corrected chi connectivity index (χ1v) is 8.69. The van der Waals surface area contributed by atoms with Crippen molar-refractivity contribution in [2.75, 3.05) is 13.1 Å². The molecule has 0 aliphatic carbocycles. The Morgan fingerprint density at radius 1 is 1.55 bits per heavy atom. The number of amides is 1. The van der Waals surface area contributed by atoms with Crippen molar-refractivity contribution >= 4 is 39.1 Å². The van der Waals surface area contributed by atoms with Crippen LogP contribution in [-0.4, -0.2) is 44.6 Å². The van der Waals surface area contributed by atoms with Crippen molar-refractivity contribution in [3.63, 3.8) is 0 Å². The van der Waals surface area contributed by atoms with Gasteiger partial charge in [-0.3, -0.25) is 0 Å². The van der Waals surface area contributed by atoms with Gasteiger partial charge in [-0.1, -0.05) is 11.6 Å². The van der Waals surface area contributed by atoms with Crippen LogP contribution in [0.1, 0.15) is 13.8 Å². The third-order valence-corrected chi connectivity index (χ3v) is 5.99. The van der Waals surface area contributed by atoms with Gasteiger partial charge < -0.3 is 9.64 Å². The summed E-state index contributed by atoms with van der Waals surface area (Å²) in [5.41, 5.74) is 0. The fourth-order valence-electron chi connectivity index (χ4n) is 1.79. The van der Waals surface area contributed by atoms with Crippen LogP contribution in [0.15, 0.2) is 16.3 Å². The molecule has 0 radical (unpaired) electrons. The van der Waals surface area contributed by atoms with Crippen LogP contribution in [0.4, 0.5) is 4.79 Å². The van der Waals surface area contributed by atoms with E-state index in [-0.39, 0.29) is 16.8 Å². The van der Waals surface area contributed by atoms with E-state index >= 15 is 0 Å². The van der Waals surface area contributed by atoms with E-state index in [9.17, 15) is 13.2 Å². The number of nitrogens with zero attached hydrogens (tertiary/aromatic N) is 1. The highest BCUT2D eigenvalue weighted by Gasteiger charge is 2.33. The molecular formula is C11H15ClN2O4S2. The van der Waals surface area contributed by atoms with Crippen LogP contribution in [0.3, 0.4) is 0 Å². The molecule has 1 saturated heterocycles. The van der Waals surface area contributed by atoms with Gasteiger partial charge in [-0.2, -0.15) is 0 Å². The monoisotopic (exact) mass is 338 g/mol. The molecule has 0 bridgehead atoms. The molecule has 1 aromatic rings. The van der Waals surface area contributed by atoms with E-state index in [0.717, 1.165) is 11.3 Å². The van der Waals surface area contributed by atoms with Crippen LogP contribution >= 0.6 is 22.9 Å². The van der Waals surface area contributed by atoms with E-state index in [4.69, 9.17) is 16.3 Å². The third kappa shape index (κ3) is 3.43. The number of carbonyl (C=O) groups excluding carboxylic acids is 1. The molecule has 2 heterocycles. The molecule has 9 heteroatoms. The lowest BCUT2D eigenvalue weighted by Gasteiger charge is -2.16. The van der Waals surface area contributed by atoms with Crippen LogP contribution in [-0.2, 0) is 14.8 Å². The summed E-state index contributed by atoms with van der Waals surface area (Å²) in [6, 6.07) is 2.99. The number of halogens is 1. The molecule has 1 unspecified atom stereocenters. The minimum atomic E-state index is -3.61. The molecule has 1 aliphatic rings. The lowest BCUT2D eigenvalue weighted by Crippen LogP contribution is -2.36. The second kappa shape index (κ2) is 5.88. The fraction of sp³-hybridized carbons (Fsp3) is 0.545. The zero-order valence-corrected chi connectivity index (χ0v) is 13.4. The number of sulfonamides is 1. The highest BCUT2D eigenvalue weighted by atomic mass is 35.5. The predicted octanol–water partition coefficient (Wildman–Crippen LogP) is 1.91. The summed E-state index contributed by atoms with van der Waals surface area (Å²) < 4.78 is 32.1. The molecular weight excluding hydrogens is 324 g/mol. The molecule has 112 valence electrons. The minimum absolute atomic E-state index is 0.0280. The summed E-state index contributed by atoms with van der Waals surface area (Å²) in [5.74, 6) is 0. The summed E-state index contributed by atoms with van der Waals surface area (Å²) in [6.45, 7) is 4.18. The van der Waals surface area contributed by atoms with Crippen molar-refractivity contribution < 1.29 is 17.9 Å². The van der Waals surface area contributed by atoms with Gasteiger partial charge in [-0.25, -0.2) is 17.9 Å². The van der Waals surface area contributed by atoms with Gasteiger partial charge in [0, 0.05) is 12.6 Å². The minimum Gasteiger partial charge on any atom is -0.443 e. The van der Waals surface area contributed by atoms with Gasteiger partial charge in [-0.05, 0) is 26.0 Å². The molecule has 1 atom stereocenters. The molecule has 20 heavy (non-hydrogen) atoms. The normalized spacial score (nSPS) is 19.7. The second-order valence-corrected chi connectivity index (χ2v) is 8.37. The van der Waals surface area contributed by atoms with E-state index in [1.54, 1.807) is 4.90 Å². The SMILES string of the molecule is CC(C)N1CC(CNS(=O)(=O)c2ccc(Cl)s2)OC1=O. The Bertz CT molecular complexity index is 599. The number of thiophene rings is 1. The number of nitrogens with one attached hydrogen (secondary N) is 1. The third-order valence-electron chi connectivity index (χ3n) is 2.84. The van der Waals surface area contributed by atoms with Crippen molar-refractivity contribution in [3.8, 4) is 0 Å². The Morgan fingerprint density at radius 3 is 2.75 bits per heavy atom. The zero-order chi connectivity index (χ0) is 14.9. The first-order valence-electron chi connectivity index (χ1n) is 6.02. The molecule has 1 aromatic heterocycles. The summed E-state index contributed by atoms with van der Waals surface area (Å²) in [5, 5.41) is 0. The summed E-state index contributed by atoms with van der Waals surface area (Å²) in [4.78, 5) is 13.1. The molecule has 2 rings (SSSR count). The van der Waals surface area contributed by atoms with Crippen LogP contribution in [0.2, 0.25) is 4.34 Å². The number of rotatable bonds is 5. The van der Waals surface area contributed by atoms with Crippen LogP contribution in [0.25, 0.3) is 0 Å². The topological polar surface area (TPSA) is 75.7 Å². The molecule has 0 saturated carbocycles. The fourth-order valence-corrected chi connectivity index (χ4v) is 4.38. The van der Waals surface area contributed by atoms with Gasteiger partial charge in [0.15, 0.2) is 0 Å². The highest BCUT2D eigenvalue weighted by Crippen LogP contribution is 2.25. The van der Waals surface area contributed by atoms with E-state index in [1.807, 2.05) is 13.8 Å². The quantitative estimate of drug-likeness (QED) is 0.889. The molecule has 1 fully saturated rings. The Labute approximate surface area is 126 Å². The number of carbonyl (C=O) groups is 1.